The topological polar surface area (TPSA) is 105 Å². The molecule has 2 N–H and O–H groups in total. The number of fused-ring (bicyclic) bond motifs is 2. The molecule has 0 fully saturated rings. The minimum absolute atomic E-state index is 0.263. The van der Waals surface area contributed by atoms with Crippen molar-refractivity contribution in [2.45, 2.75) is 50.7 Å². The van der Waals surface area contributed by atoms with Crippen molar-refractivity contribution in [3.8, 4) is 5.75 Å². The molecule has 0 saturated heterocycles. The molecule has 1 spiro atoms. The van der Waals surface area contributed by atoms with Gasteiger partial charge in [-0.25, -0.2) is 14.6 Å². The van der Waals surface area contributed by atoms with E-state index in [-0.39, 0.29) is 11.9 Å². The lowest BCUT2D eigenvalue weighted by atomic mass is 9.65. The average molecular weight is 459 g/mol. The number of benzene rings is 1. The Morgan fingerprint density at radius 3 is 2.82 bits per heavy atom. The molecule has 0 radical (unpaired) electrons. The second-order valence-corrected chi connectivity index (χ2v) is 9.14. The summed E-state index contributed by atoms with van der Waals surface area (Å²) in [6.45, 7) is 5.46. The van der Waals surface area contributed by atoms with Gasteiger partial charge in [0.05, 0.1) is 0 Å². The van der Waals surface area contributed by atoms with Crippen molar-refractivity contribution < 1.29 is 18.7 Å². The Morgan fingerprint density at radius 1 is 1.26 bits per heavy atom. The zero-order chi connectivity index (χ0) is 24.1. The second-order valence-electron chi connectivity index (χ2n) is 9.14. The highest BCUT2D eigenvalue weighted by atomic mass is 16.6. The summed E-state index contributed by atoms with van der Waals surface area (Å²) in [6, 6.07) is 10.5. The summed E-state index contributed by atoms with van der Waals surface area (Å²) in [5.41, 5.74) is 6.32. The monoisotopic (exact) mass is 458 g/mol. The zero-order valence-electron chi connectivity index (χ0n) is 19.3. The van der Waals surface area contributed by atoms with E-state index in [1.165, 1.54) is 6.07 Å². The summed E-state index contributed by atoms with van der Waals surface area (Å²) in [5.74, 6) is 0.383. The molecule has 0 amide bonds. The fraction of sp³-hybridized carbons (Fsp3) is 0.296. The standard InChI is InChI=1S/C27H26N2O5/c1-4-16(2)25(31)34-26(3)11-5-6-20(18-7-9-23(28)29-15-18)27(26)14-19-12-17-8-10-24(30)32-21(17)13-22(19)33-27/h4-10,12-13,15,20H,11,14H2,1-3H3,(H2,28,29)/b16-4+/t20-,26-,27+/m0/s1. The van der Waals surface area contributed by atoms with Gasteiger partial charge in [0.25, 0.3) is 0 Å². The number of anilines is 1. The smallest absolute Gasteiger partial charge is 0.336 e. The Kier molecular flexibility index (Phi) is 5.08. The van der Waals surface area contributed by atoms with Gasteiger partial charge in [-0.3, -0.25) is 0 Å². The Bertz CT molecular complexity index is 1400. The number of ether oxygens (including phenoxy) is 2. The number of pyridine rings is 1. The molecule has 3 heterocycles. The molecular formula is C27H26N2O5. The fourth-order valence-electron chi connectivity index (χ4n) is 4.96. The quantitative estimate of drug-likeness (QED) is 0.267. The van der Waals surface area contributed by atoms with Crippen molar-refractivity contribution >= 4 is 22.8 Å². The van der Waals surface area contributed by atoms with Crippen LogP contribution < -0.4 is 16.1 Å². The molecule has 2 aromatic heterocycles. The maximum absolute atomic E-state index is 12.9. The maximum Gasteiger partial charge on any atom is 0.336 e. The van der Waals surface area contributed by atoms with Crippen molar-refractivity contribution in [2.24, 2.45) is 0 Å². The minimum atomic E-state index is -0.985. The highest BCUT2D eigenvalue weighted by Crippen LogP contribution is 2.54. The van der Waals surface area contributed by atoms with Crippen LogP contribution in [0.2, 0.25) is 0 Å². The lowest BCUT2D eigenvalue weighted by Crippen LogP contribution is -2.62. The summed E-state index contributed by atoms with van der Waals surface area (Å²) in [6.07, 6.45) is 8.55. The van der Waals surface area contributed by atoms with Crippen LogP contribution in [0, 0.1) is 0 Å². The van der Waals surface area contributed by atoms with Gasteiger partial charge in [-0.15, -0.1) is 0 Å². The summed E-state index contributed by atoms with van der Waals surface area (Å²) < 4.78 is 18.3. The van der Waals surface area contributed by atoms with Gasteiger partial charge in [0.2, 0.25) is 0 Å². The number of carbonyl (C=O) groups is 1. The van der Waals surface area contributed by atoms with E-state index in [0.29, 0.717) is 35.6 Å². The van der Waals surface area contributed by atoms with Gasteiger partial charge in [-0.2, -0.15) is 0 Å². The third-order valence-electron chi connectivity index (χ3n) is 7.02. The van der Waals surface area contributed by atoms with E-state index < -0.39 is 16.8 Å². The van der Waals surface area contributed by atoms with Crippen LogP contribution in [0.25, 0.3) is 11.0 Å². The minimum Gasteiger partial charge on any atom is -0.481 e. The number of aromatic nitrogens is 1. The van der Waals surface area contributed by atoms with Gasteiger partial charge in [-0.05, 0) is 50.1 Å². The molecule has 1 aliphatic carbocycles. The molecule has 0 bridgehead atoms. The van der Waals surface area contributed by atoms with Gasteiger partial charge < -0.3 is 19.6 Å². The van der Waals surface area contributed by atoms with Crippen LogP contribution in [-0.2, 0) is 16.0 Å². The van der Waals surface area contributed by atoms with Gasteiger partial charge in [0.1, 0.15) is 17.2 Å². The van der Waals surface area contributed by atoms with Crippen LogP contribution in [0.1, 0.15) is 44.2 Å². The van der Waals surface area contributed by atoms with Crippen molar-refractivity contribution in [1.82, 2.24) is 4.98 Å². The summed E-state index contributed by atoms with van der Waals surface area (Å²) >= 11 is 0. The van der Waals surface area contributed by atoms with Crippen molar-refractivity contribution in [3.05, 3.63) is 87.9 Å². The Morgan fingerprint density at radius 2 is 2.09 bits per heavy atom. The van der Waals surface area contributed by atoms with E-state index in [1.807, 2.05) is 25.1 Å². The molecule has 1 aliphatic heterocycles. The number of allylic oxidation sites excluding steroid dienone is 1. The number of esters is 1. The lowest BCUT2D eigenvalue weighted by molar-refractivity contribution is -0.182. The van der Waals surface area contributed by atoms with E-state index in [1.54, 1.807) is 44.3 Å². The molecule has 3 atom stereocenters. The average Bonchev–Trinajstić information content (AvgIpc) is 3.19. The highest BCUT2D eigenvalue weighted by molar-refractivity contribution is 5.88. The molecule has 174 valence electrons. The predicted molar refractivity (Wildman–Crippen MR) is 129 cm³/mol. The predicted octanol–water partition coefficient (Wildman–Crippen LogP) is 4.46. The highest BCUT2D eigenvalue weighted by Gasteiger charge is 2.61. The number of carbonyl (C=O) groups excluding carboxylic acids is 1. The first kappa shape index (κ1) is 21.9. The van der Waals surface area contributed by atoms with E-state index in [4.69, 9.17) is 19.6 Å². The molecule has 1 aromatic carbocycles. The number of hydrogen-bond donors (Lipinski definition) is 1. The number of hydrogen-bond acceptors (Lipinski definition) is 7. The SMILES string of the molecule is C/C=C(\C)C(=O)O[C@@]1(C)CC=C[C@@H](c2ccc(N)nc2)[C@]12Cc1cc3ccc(=O)oc3cc1O2. The fourth-order valence-corrected chi connectivity index (χ4v) is 4.96. The summed E-state index contributed by atoms with van der Waals surface area (Å²) in [4.78, 5) is 29.0. The van der Waals surface area contributed by atoms with E-state index in [2.05, 4.69) is 11.1 Å². The first-order valence-electron chi connectivity index (χ1n) is 11.2. The molecule has 2 aliphatic rings. The normalized spacial score (nSPS) is 25.9. The Hall–Kier alpha value is -3.87. The maximum atomic E-state index is 12.9. The van der Waals surface area contributed by atoms with Crippen LogP contribution in [-0.4, -0.2) is 22.2 Å². The Balaban J connectivity index is 1.66. The molecule has 3 aromatic rings. The Labute approximate surface area is 196 Å². The summed E-state index contributed by atoms with van der Waals surface area (Å²) in [7, 11) is 0. The van der Waals surface area contributed by atoms with Crippen LogP contribution in [0.15, 0.2) is 75.6 Å². The number of nitrogens with two attached hydrogens (primary N) is 1. The van der Waals surface area contributed by atoms with Crippen LogP contribution in [0.3, 0.4) is 0 Å². The van der Waals surface area contributed by atoms with Crippen molar-refractivity contribution in [3.63, 3.8) is 0 Å². The third-order valence-corrected chi connectivity index (χ3v) is 7.02. The van der Waals surface area contributed by atoms with Gasteiger partial charge in [-0.1, -0.05) is 24.3 Å². The molecule has 5 rings (SSSR count). The van der Waals surface area contributed by atoms with E-state index in [9.17, 15) is 9.59 Å². The molecule has 0 unspecified atom stereocenters. The first-order chi connectivity index (χ1) is 16.2. The molecule has 7 nitrogen and oxygen atoms in total. The van der Waals surface area contributed by atoms with Gasteiger partial charge in [0.15, 0.2) is 11.2 Å². The number of rotatable bonds is 3. The molecular weight excluding hydrogens is 432 g/mol. The first-order valence-corrected chi connectivity index (χ1v) is 11.2. The summed E-state index contributed by atoms with van der Waals surface area (Å²) in [5, 5.41) is 0.805. The van der Waals surface area contributed by atoms with Crippen LogP contribution in [0.4, 0.5) is 5.82 Å². The van der Waals surface area contributed by atoms with Gasteiger partial charge in [0, 0.05) is 48.0 Å². The molecule has 7 heteroatoms. The third kappa shape index (κ3) is 3.39. The van der Waals surface area contributed by atoms with E-state index >= 15 is 0 Å². The largest absolute Gasteiger partial charge is 0.481 e. The number of nitrogen functional groups attached to an aromatic ring is 1. The molecule has 34 heavy (non-hydrogen) atoms. The number of nitrogens with zero attached hydrogens (tertiary/aromatic N) is 1. The zero-order valence-corrected chi connectivity index (χ0v) is 19.3. The van der Waals surface area contributed by atoms with E-state index in [0.717, 1.165) is 16.5 Å². The van der Waals surface area contributed by atoms with Crippen molar-refractivity contribution in [1.29, 1.82) is 0 Å². The molecule has 0 saturated carbocycles. The van der Waals surface area contributed by atoms with Crippen LogP contribution in [0.5, 0.6) is 5.75 Å². The van der Waals surface area contributed by atoms with Crippen LogP contribution >= 0.6 is 0 Å². The van der Waals surface area contributed by atoms with Crippen molar-refractivity contribution in [2.75, 3.05) is 5.73 Å². The lowest BCUT2D eigenvalue weighted by Gasteiger charge is -2.50. The van der Waals surface area contributed by atoms with Gasteiger partial charge >= 0.3 is 11.6 Å². The second kappa shape index (κ2) is 7.87.